The standard InChI is InChI=1S/C77H126NO8P/c1-3-5-7-9-11-13-15-17-19-21-23-25-27-29-31-32-33-34-35-36-37-38-39-40-41-42-44-46-48-50-52-54-56-58-60-62-64-66-68-70-77(80)86-75(74-85-87(81,82)84-72-71-78)73-83-76(79)69-67-65-63-61-59-57-55-53-51-49-47-45-43-30-28-26-24-22-20-18-16-14-12-10-8-6-4-2/h5,7,11,13,16-19,22-25,28-31,33-34,36-37,39-40,42,44,48,50,54,56,75H,3-4,6,8-10,12,14-15,20-21,26-27,32,35,38,41,43,45-47,49,51-53,55,57-74,78H2,1-2H3,(H,81,82)/b7-5-,13-11-,18-16-,19-17-,24-22-,25-23-,30-28-,31-29-,34-33-,37-36-,40-39-,44-42-,50-48-,56-54-. The maximum Gasteiger partial charge on any atom is 0.472 e. The normalized spacial score (nSPS) is 14.0. The first-order valence-corrected chi connectivity index (χ1v) is 36.1. The van der Waals surface area contributed by atoms with Crippen molar-refractivity contribution in [2.24, 2.45) is 5.73 Å². The second-order valence-corrected chi connectivity index (χ2v) is 23.8. The second kappa shape index (κ2) is 70.5. The molecule has 0 bridgehead atoms. The molecule has 0 aromatic carbocycles. The minimum Gasteiger partial charge on any atom is -0.462 e. The van der Waals surface area contributed by atoms with Gasteiger partial charge in [0.25, 0.3) is 0 Å². The van der Waals surface area contributed by atoms with Crippen LogP contribution in [-0.4, -0.2) is 49.3 Å². The van der Waals surface area contributed by atoms with Gasteiger partial charge in [-0.2, -0.15) is 0 Å². The highest BCUT2D eigenvalue weighted by atomic mass is 31.2. The molecule has 10 heteroatoms. The fourth-order valence-electron chi connectivity index (χ4n) is 9.00. The number of unbranched alkanes of at least 4 members (excludes halogenated alkanes) is 22. The Balaban J connectivity index is 4.03. The van der Waals surface area contributed by atoms with Gasteiger partial charge < -0.3 is 20.1 Å². The minimum atomic E-state index is -4.41. The summed E-state index contributed by atoms with van der Waals surface area (Å²) in [6.07, 6.45) is 104. The molecular formula is C77H126NO8P. The van der Waals surface area contributed by atoms with Gasteiger partial charge in [0, 0.05) is 19.4 Å². The third kappa shape index (κ3) is 70.3. The Kier molecular flexibility index (Phi) is 66.7. The third-order valence-electron chi connectivity index (χ3n) is 14.1. The van der Waals surface area contributed by atoms with Crippen molar-refractivity contribution in [2.75, 3.05) is 26.4 Å². The van der Waals surface area contributed by atoms with Gasteiger partial charge in [-0.05, 0) is 135 Å². The lowest BCUT2D eigenvalue weighted by Crippen LogP contribution is -2.29. The van der Waals surface area contributed by atoms with E-state index in [-0.39, 0.29) is 32.6 Å². The smallest absolute Gasteiger partial charge is 0.462 e. The summed E-state index contributed by atoms with van der Waals surface area (Å²) < 4.78 is 33.1. The molecule has 0 aromatic heterocycles. The van der Waals surface area contributed by atoms with Crippen molar-refractivity contribution in [3.8, 4) is 0 Å². The molecule has 0 rings (SSSR count). The van der Waals surface area contributed by atoms with E-state index in [0.29, 0.717) is 6.42 Å². The van der Waals surface area contributed by atoms with Crippen LogP contribution in [-0.2, 0) is 32.7 Å². The summed E-state index contributed by atoms with van der Waals surface area (Å²) in [6, 6.07) is 0. The van der Waals surface area contributed by atoms with Gasteiger partial charge in [0.15, 0.2) is 6.10 Å². The van der Waals surface area contributed by atoms with E-state index < -0.39 is 32.5 Å². The molecule has 2 atom stereocenters. The van der Waals surface area contributed by atoms with Crippen LogP contribution in [0.5, 0.6) is 0 Å². The lowest BCUT2D eigenvalue weighted by molar-refractivity contribution is -0.161. The lowest BCUT2D eigenvalue weighted by Gasteiger charge is -2.19. The molecule has 0 amide bonds. The molecule has 0 radical (unpaired) electrons. The Bertz CT molecular complexity index is 2030. The van der Waals surface area contributed by atoms with Crippen LogP contribution in [0.4, 0.5) is 0 Å². The fraction of sp³-hybridized carbons (Fsp3) is 0.610. The van der Waals surface area contributed by atoms with Gasteiger partial charge >= 0.3 is 19.8 Å². The van der Waals surface area contributed by atoms with E-state index in [0.717, 1.165) is 141 Å². The van der Waals surface area contributed by atoms with Gasteiger partial charge in [-0.15, -0.1) is 0 Å². The van der Waals surface area contributed by atoms with Gasteiger partial charge in [-0.3, -0.25) is 18.6 Å². The number of carbonyl (C=O) groups excluding carboxylic acids is 2. The van der Waals surface area contributed by atoms with Gasteiger partial charge in [0.2, 0.25) is 0 Å². The summed E-state index contributed by atoms with van der Waals surface area (Å²) >= 11 is 0. The van der Waals surface area contributed by atoms with Crippen LogP contribution < -0.4 is 5.73 Å². The molecule has 0 heterocycles. The summed E-state index contributed by atoms with van der Waals surface area (Å²) in [7, 11) is -4.41. The Morgan fingerprint density at radius 3 is 0.943 bits per heavy atom. The predicted molar refractivity (Wildman–Crippen MR) is 376 cm³/mol. The number of phosphoric ester groups is 1. The van der Waals surface area contributed by atoms with E-state index in [1.54, 1.807) is 0 Å². The quantitative estimate of drug-likeness (QED) is 0.0264. The number of hydrogen-bond acceptors (Lipinski definition) is 8. The van der Waals surface area contributed by atoms with Crippen molar-refractivity contribution < 1.29 is 37.6 Å². The molecule has 0 aliphatic carbocycles. The first-order chi connectivity index (χ1) is 42.8. The predicted octanol–water partition coefficient (Wildman–Crippen LogP) is 23.0. The zero-order valence-corrected chi connectivity index (χ0v) is 56.1. The maximum atomic E-state index is 12.8. The van der Waals surface area contributed by atoms with Crippen molar-refractivity contribution >= 4 is 19.8 Å². The highest BCUT2D eigenvalue weighted by Gasteiger charge is 2.26. The van der Waals surface area contributed by atoms with Crippen LogP contribution in [0.15, 0.2) is 170 Å². The lowest BCUT2D eigenvalue weighted by atomic mass is 10.0. The molecule has 3 N–H and O–H groups in total. The SMILES string of the molecule is CC/C=C\C/C=C\C/C=C\C/C=C\C/C=C\C/C=C\C/C=C\C/C=C\C/C=C\C/C=C\C/C=C\CCCCCCCC(=O)OC(COC(=O)CCCCCCCCCCCCCC/C=C\C/C=C\C/C=C\CCCCCCC)COP(=O)(O)OCCN. The van der Waals surface area contributed by atoms with E-state index in [4.69, 9.17) is 24.3 Å². The molecule has 9 nitrogen and oxygen atoms in total. The summed E-state index contributed by atoms with van der Waals surface area (Å²) in [5.74, 6) is -0.860. The number of nitrogens with two attached hydrogens (primary N) is 1. The van der Waals surface area contributed by atoms with Crippen LogP contribution in [0.3, 0.4) is 0 Å². The highest BCUT2D eigenvalue weighted by Crippen LogP contribution is 2.43. The highest BCUT2D eigenvalue weighted by molar-refractivity contribution is 7.47. The average Bonchev–Trinajstić information content (AvgIpc) is 3.64. The topological polar surface area (TPSA) is 134 Å². The van der Waals surface area contributed by atoms with E-state index in [2.05, 4.69) is 184 Å². The Morgan fingerprint density at radius 2 is 0.632 bits per heavy atom. The Morgan fingerprint density at radius 1 is 0.356 bits per heavy atom. The van der Waals surface area contributed by atoms with Crippen molar-refractivity contribution in [3.05, 3.63) is 170 Å². The number of hydrogen-bond donors (Lipinski definition) is 2. The fourth-order valence-corrected chi connectivity index (χ4v) is 9.77. The first-order valence-electron chi connectivity index (χ1n) is 34.6. The monoisotopic (exact) mass is 1220 g/mol. The first kappa shape index (κ1) is 82.4. The van der Waals surface area contributed by atoms with Crippen LogP contribution in [0.25, 0.3) is 0 Å². The number of ether oxygens (including phenoxy) is 2. The van der Waals surface area contributed by atoms with E-state index in [9.17, 15) is 19.0 Å². The van der Waals surface area contributed by atoms with Crippen molar-refractivity contribution in [2.45, 2.75) is 277 Å². The minimum absolute atomic E-state index is 0.0412. The molecule has 0 saturated carbocycles. The van der Waals surface area contributed by atoms with Crippen molar-refractivity contribution in [1.82, 2.24) is 0 Å². The number of carbonyl (C=O) groups is 2. The van der Waals surface area contributed by atoms with E-state index in [1.807, 2.05) is 0 Å². The summed E-state index contributed by atoms with van der Waals surface area (Å²) in [6.45, 7) is 3.59. The molecule has 0 spiro atoms. The summed E-state index contributed by atoms with van der Waals surface area (Å²) in [4.78, 5) is 35.3. The molecule has 2 unspecified atom stereocenters. The van der Waals surface area contributed by atoms with Gasteiger partial charge in [0.1, 0.15) is 6.61 Å². The zero-order valence-electron chi connectivity index (χ0n) is 55.2. The molecule has 0 fully saturated rings. The zero-order chi connectivity index (χ0) is 63.0. The average molecular weight is 1220 g/mol. The second-order valence-electron chi connectivity index (χ2n) is 22.3. The molecule has 0 aliphatic rings. The van der Waals surface area contributed by atoms with Gasteiger partial charge in [-0.25, -0.2) is 4.57 Å². The molecule has 0 saturated heterocycles. The molecule has 0 aromatic rings. The van der Waals surface area contributed by atoms with Crippen LogP contribution in [0.2, 0.25) is 0 Å². The van der Waals surface area contributed by atoms with E-state index >= 15 is 0 Å². The molecule has 0 aliphatic heterocycles. The molecule has 492 valence electrons. The van der Waals surface area contributed by atoms with Crippen molar-refractivity contribution in [3.63, 3.8) is 0 Å². The maximum absolute atomic E-state index is 12.8. The van der Waals surface area contributed by atoms with Crippen LogP contribution in [0, 0.1) is 0 Å². The van der Waals surface area contributed by atoms with Gasteiger partial charge in [-0.1, -0.05) is 293 Å². The number of rotatable bonds is 63. The van der Waals surface area contributed by atoms with Gasteiger partial charge in [0.05, 0.1) is 13.2 Å². The van der Waals surface area contributed by atoms with Crippen LogP contribution >= 0.6 is 7.82 Å². The number of phosphoric acid groups is 1. The summed E-state index contributed by atoms with van der Waals surface area (Å²) in [5, 5.41) is 0. The Labute approximate surface area is 533 Å². The number of esters is 2. The Hall–Kier alpha value is -4.63. The molecular weight excluding hydrogens is 1100 g/mol. The summed E-state index contributed by atoms with van der Waals surface area (Å²) in [5.41, 5.74) is 5.40. The largest absolute Gasteiger partial charge is 0.472 e. The molecule has 87 heavy (non-hydrogen) atoms. The third-order valence-corrected chi connectivity index (χ3v) is 15.1. The van der Waals surface area contributed by atoms with Crippen LogP contribution in [0.1, 0.15) is 271 Å². The number of allylic oxidation sites excluding steroid dienone is 28. The van der Waals surface area contributed by atoms with E-state index in [1.165, 1.54) is 96.3 Å². The van der Waals surface area contributed by atoms with Crippen molar-refractivity contribution in [1.29, 1.82) is 0 Å².